The second kappa shape index (κ2) is 9.33. The zero-order valence-corrected chi connectivity index (χ0v) is 17.1. The molecule has 3 aromatic rings. The first-order valence-corrected chi connectivity index (χ1v) is 10.0. The molecule has 3 heterocycles. The normalized spacial score (nSPS) is 16.0. The van der Waals surface area contributed by atoms with Gasteiger partial charge in [0.05, 0.1) is 18.0 Å². The molecule has 4 rings (SSSR count). The molecule has 0 spiro atoms. The Morgan fingerprint density at radius 3 is 2.94 bits per heavy atom. The Hall–Kier alpha value is -3.82. The number of piperidine rings is 1. The maximum absolute atomic E-state index is 12.4. The van der Waals surface area contributed by atoms with Gasteiger partial charge in [0.25, 0.3) is 0 Å². The standard InChI is InChI=1S/C21H24N6O4/c1-30-19-16-11-22-18(10-17(16)25-26-19)24-20(28)23-15-8-5-9-27(12-15)21(29)31-13-14-6-3-2-4-7-14/h2-4,6-7,10-11,15H,5,8-9,12-13H2,1H3,(H,25,26)(H2,22,23,24,28)/t15-/m1/s1. The molecule has 0 radical (unpaired) electrons. The molecule has 0 aliphatic carbocycles. The molecule has 3 N–H and O–H groups in total. The van der Waals surface area contributed by atoms with Crippen LogP contribution in [0.3, 0.4) is 0 Å². The first kappa shape index (κ1) is 20.5. The number of anilines is 1. The minimum absolute atomic E-state index is 0.172. The molecule has 31 heavy (non-hydrogen) atoms. The Bertz CT molecular complexity index is 1050. The third kappa shape index (κ3) is 5.03. The van der Waals surface area contributed by atoms with Crippen molar-refractivity contribution >= 4 is 28.8 Å². The summed E-state index contributed by atoms with van der Waals surface area (Å²) in [4.78, 5) is 30.7. The van der Waals surface area contributed by atoms with Gasteiger partial charge in [-0.2, -0.15) is 0 Å². The van der Waals surface area contributed by atoms with Crippen LogP contribution in [0.25, 0.3) is 10.9 Å². The summed E-state index contributed by atoms with van der Waals surface area (Å²) in [6.45, 7) is 1.22. The fraction of sp³-hybridized carbons (Fsp3) is 0.333. The summed E-state index contributed by atoms with van der Waals surface area (Å²) in [6.07, 6.45) is 2.76. The number of amides is 3. The van der Waals surface area contributed by atoms with Crippen LogP contribution in [0.5, 0.6) is 5.88 Å². The predicted molar refractivity (Wildman–Crippen MR) is 114 cm³/mol. The third-order valence-corrected chi connectivity index (χ3v) is 5.07. The quantitative estimate of drug-likeness (QED) is 0.579. The van der Waals surface area contributed by atoms with Crippen molar-refractivity contribution in [3.63, 3.8) is 0 Å². The first-order valence-electron chi connectivity index (χ1n) is 10.0. The van der Waals surface area contributed by atoms with Gasteiger partial charge >= 0.3 is 12.1 Å². The minimum Gasteiger partial charge on any atom is -0.479 e. The molecule has 1 saturated heterocycles. The number of rotatable bonds is 5. The first-order chi connectivity index (χ1) is 15.1. The zero-order chi connectivity index (χ0) is 21.6. The molecule has 162 valence electrons. The number of carbonyl (C=O) groups excluding carboxylic acids is 2. The van der Waals surface area contributed by atoms with Gasteiger partial charge in [0.15, 0.2) is 0 Å². The Morgan fingerprint density at radius 1 is 1.29 bits per heavy atom. The van der Waals surface area contributed by atoms with Crippen LogP contribution in [0, 0.1) is 0 Å². The van der Waals surface area contributed by atoms with Gasteiger partial charge in [-0.1, -0.05) is 30.3 Å². The average Bonchev–Trinajstić information content (AvgIpc) is 3.20. The number of nitrogens with zero attached hydrogens (tertiary/aromatic N) is 3. The van der Waals surface area contributed by atoms with Gasteiger partial charge in [0.2, 0.25) is 5.88 Å². The van der Waals surface area contributed by atoms with Crippen molar-refractivity contribution in [2.24, 2.45) is 0 Å². The zero-order valence-electron chi connectivity index (χ0n) is 17.1. The Kier molecular flexibility index (Phi) is 6.16. The molecule has 0 unspecified atom stereocenters. The largest absolute Gasteiger partial charge is 0.479 e. The monoisotopic (exact) mass is 424 g/mol. The number of pyridine rings is 1. The lowest BCUT2D eigenvalue weighted by molar-refractivity contribution is 0.0841. The summed E-state index contributed by atoms with van der Waals surface area (Å²) in [5.41, 5.74) is 1.63. The van der Waals surface area contributed by atoms with Gasteiger partial charge in [0, 0.05) is 31.4 Å². The average molecular weight is 424 g/mol. The number of carbonyl (C=O) groups is 2. The highest BCUT2D eigenvalue weighted by Crippen LogP contribution is 2.23. The van der Waals surface area contributed by atoms with Crippen molar-refractivity contribution in [3.8, 4) is 5.88 Å². The van der Waals surface area contributed by atoms with E-state index in [4.69, 9.17) is 9.47 Å². The Labute approximate surface area is 178 Å². The molecule has 1 aliphatic heterocycles. The molecule has 3 amide bonds. The van der Waals surface area contributed by atoms with E-state index >= 15 is 0 Å². The smallest absolute Gasteiger partial charge is 0.410 e. The molecule has 1 atom stereocenters. The lowest BCUT2D eigenvalue weighted by Gasteiger charge is -2.32. The van der Waals surface area contributed by atoms with Crippen molar-refractivity contribution in [1.29, 1.82) is 0 Å². The molecular weight excluding hydrogens is 400 g/mol. The number of hydrogen-bond donors (Lipinski definition) is 3. The maximum atomic E-state index is 12.4. The highest BCUT2D eigenvalue weighted by molar-refractivity contribution is 5.92. The van der Waals surface area contributed by atoms with Crippen LogP contribution >= 0.6 is 0 Å². The number of benzene rings is 1. The van der Waals surface area contributed by atoms with E-state index in [1.165, 1.54) is 7.11 Å². The summed E-state index contributed by atoms with van der Waals surface area (Å²) < 4.78 is 10.5. The van der Waals surface area contributed by atoms with Crippen LogP contribution in [0.1, 0.15) is 18.4 Å². The second-order valence-electron chi connectivity index (χ2n) is 7.27. The number of urea groups is 1. The van der Waals surface area contributed by atoms with Crippen molar-refractivity contribution in [2.75, 3.05) is 25.5 Å². The third-order valence-electron chi connectivity index (χ3n) is 5.07. The number of likely N-dealkylation sites (tertiary alicyclic amines) is 1. The molecule has 0 saturated carbocycles. The van der Waals surface area contributed by atoms with E-state index in [-0.39, 0.29) is 24.8 Å². The van der Waals surface area contributed by atoms with Gasteiger partial charge in [-0.15, -0.1) is 5.10 Å². The number of H-pyrrole nitrogens is 1. The van der Waals surface area contributed by atoms with E-state index in [9.17, 15) is 9.59 Å². The summed E-state index contributed by atoms with van der Waals surface area (Å²) in [6, 6.07) is 10.6. The number of hydrogen-bond acceptors (Lipinski definition) is 6. The van der Waals surface area contributed by atoms with Crippen LogP contribution in [0.2, 0.25) is 0 Å². The minimum atomic E-state index is -0.386. The second-order valence-corrected chi connectivity index (χ2v) is 7.27. The number of aromatic nitrogens is 3. The van der Waals surface area contributed by atoms with Crippen molar-refractivity contribution in [2.45, 2.75) is 25.5 Å². The van der Waals surface area contributed by atoms with E-state index in [1.807, 2.05) is 30.3 Å². The van der Waals surface area contributed by atoms with Gasteiger partial charge in [-0.05, 0) is 18.4 Å². The summed E-state index contributed by atoms with van der Waals surface area (Å²) >= 11 is 0. The van der Waals surface area contributed by atoms with Crippen LogP contribution in [-0.4, -0.2) is 58.4 Å². The molecule has 10 nitrogen and oxygen atoms in total. The van der Waals surface area contributed by atoms with Gasteiger partial charge in [-0.25, -0.2) is 14.6 Å². The van der Waals surface area contributed by atoms with Crippen molar-refractivity contribution in [3.05, 3.63) is 48.2 Å². The molecule has 10 heteroatoms. The molecule has 2 aromatic heterocycles. The molecule has 0 bridgehead atoms. The van der Waals surface area contributed by atoms with Gasteiger partial charge in [-0.3, -0.25) is 10.4 Å². The Morgan fingerprint density at radius 2 is 2.13 bits per heavy atom. The van der Waals surface area contributed by atoms with Gasteiger partial charge < -0.3 is 19.7 Å². The maximum Gasteiger partial charge on any atom is 0.410 e. The number of nitrogens with one attached hydrogen (secondary N) is 3. The van der Waals surface area contributed by atoms with E-state index in [0.29, 0.717) is 30.3 Å². The molecular formula is C21H24N6O4. The number of aromatic amines is 1. The lowest BCUT2D eigenvalue weighted by Crippen LogP contribution is -2.50. The summed E-state index contributed by atoms with van der Waals surface area (Å²) in [5, 5.41) is 13.2. The van der Waals surface area contributed by atoms with Gasteiger partial charge in [0.1, 0.15) is 12.4 Å². The van der Waals surface area contributed by atoms with E-state index in [1.54, 1.807) is 17.2 Å². The van der Waals surface area contributed by atoms with Crippen LogP contribution < -0.4 is 15.4 Å². The van der Waals surface area contributed by atoms with Crippen LogP contribution in [-0.2, 0) is 11.3 Å². The molecule has 1 aliphatic rings. The summed E-state index contributed by atoms with van der Waals surface area (Å²) in [7, 11) is 1.53. The van der Waals surface area contributed by atoms with Crippen molar-refractivity contribution in [1.82, 2.24) is 25.4 Å². The van der Waals surface area contributed by atoms with Crippen LogP contribution in [0.15, 0.2) is 42.6 Å². The topological polar surface area (TPSA) is 121 Å². The fourth-order valence-electron chi connectivity index (χ4n) is 3.52. The van der Waals surface area contributed by atoms with Crippen molar-refractivity contribution < 1.29 is 19.1 Å². The SMILES string of the molecule is COc1n[nH]c2cc(NC(=O)N[C@@H]3CCCN(C(=O)OCc4ccccc4)C3)ncc12. The number of methoxy groups -OCH3 is 1. The molecule has 1 fully saturated rings. The van der Waals surface area contributed by atoms with E-state index < -0.39 is 0 Å². The fourth-order valence-corrected chi connectivity index (χ4v) is 3.52. The Balaban J connectivity index is 1.28. The molecule has 1 aromatic carbocycles. The van der Waals surface area contributed by atoms with E-state index in [2.05, 4.69) is 25.8 Å². The highest BCUT2D eigenvalue weighted by Gasteiger charge is 2.26. The highest BCUT2D eigenvalue weighted by atomic mass is 16.6. The lowest BCUT2D eigenvalue weighted by atomic mass is 10.1. The summed E-state index contributed by atoms with van der Waals surface area (Å²) in [5.74, 6) is 0.825. The van der Waals surface area contributed by atoms with Crippen LogP contribution in [0.4, 0.5) is 15.4 Å². The number of fused-ring (bicyclic) bond motifs is 1. The number of ether oxygens (including phenoxy) is 2. The predicted octanol–water partition coefficient (Wildman–Crippen LogP) is 2.89. The van der Waals surface area contributed by atoms with E-state index in [0.717, 1.165) is 23.8 Å².